The molecule has 1 N–H and O–H groups in total. The molecule has 6 rings (SSSR count). The third kappa shape index (κ3) is 3.84. The van der Waals surface area contributed by atoms with E-state index in [1.807, 2.05) is 23.1 Å². The quantitative estimate of drug-likeness (QED) is 0.514. The number of nitrogens with zero attached hydrogens (tertiary/aromatic N) is 4. The Labute approximate surface area is 191 Å². The molecule has 166 valence electrons. The fourth-order valence-electron chi connectivity index (χ4n) is 4.79. The van der Waals surface area contributed by atoms with Crippen molar-refractivity contribution in [3.05, 3.63) is 71.3 Å². The van der Waals surface area contributed by atoms with Crippen molar-refractivity contribution in [3.63, 3.8) is 0 Å². The lowest BCUT2D eigenvalue weighted by atomic mass is 10.0. The monoisotopic (exact) mass is 439 g/mol. The Morgan fingerprint density at radius 1 is 1.00 bits per heavy atom. The van der Waals surface area contributed by atoms with Crippen LogP contribution in [0, 0.1) is 11.8 Å². The van der Waals surface area contributed by atoms with Crippen LogP contribution >= 0.6 is 0 Å². The van der Waals surface area contributed by atoms with Gasteiger partial charge in [0.25, 0.3) is 0 Å². The average Bonchev–Trinajstić information content (AvgIpc) is 3.50. The van der Waals surface area contributed by atoms with Crippen LogP contribution in [0.2, 0.25) is 0 Å². The number of carbonyl (C=O) groups is 1. The Hall–Kier alpha value is -3.74. The summed E-state index contributed by atoms with van der Waals surface area (Å²) in [4.78, 5) is 31.3. The highest BCUT2D eigenvalue weighted by Gasteiger charge is 2.36. The number of aromatic nitrogens is 4. The number of benzene rings is 2. The van der Waals surface area contributed by atoms with Crippen LogP contribution in [-0.4, -0.2) is 43.6 Å². The first-order valence-electron chi connectivity index (χ1n) is 11.6. The smallest absolute Gasteiger partial charge is 0.342 e. The van der Waals surface area contributed by atoms with E-state index in [2.05, 4.69) is 51.6 Å². The van der Waals surface area contributed by atoms with Gasteiger partial charge in [0.1, 0.15) is 0 Å². The maximum Gasteiger partial charge on any atom is 0.343 e. The zero-order valence-electron chi connectivity index (χ0n) is 18.3. The molecule has 7 nitrogen and oxygen atoms in total. The van der Waals surface area contributed by atoms with E-state index in [1.54, 1.807) is 10.8 Å². The lowest BCUT2D eigenvalue weighted by molar-refractivity contribution is -0.131. The number of aromatic amines is 1. The number of rotatable bonds is 5. The predicted octanol–water partition coefficient (Wildman–Crippen LogP) is 3.71. The van der Waals surface area contributed by atoms with Crippen molar-refractivity contribution >= 4 is 16.8 Å². The molecular weight excluding hydrogens is 414 g/mol. The molecule has 1 aliphatic carbocycles. The Balaban J connectivity index is 1.22. The number of pyridine rings is 1. The van der Waals surface area contributed by atoms with Crippen LogP contribution in [0.4, 0.5) is 0 Å². The Morgan fingerprint density at radius 3 is 2.61 bits per heavy atom. The summed E-state index contributed by atoms with van der Waals surface area (Å²) in [7, 11) is 0. The minimum Gasteiger partial charge on any atom is -0.342 e. The highest BCUT2D eigenvalue weighted by atomic mass is 16.2. The molecule has 33 heavy (non-hydrogen) atoms. The van der Waals surface area contributed by atoms with E-state index in [0.29, 0.717) is 12.4 Å². The number of hydrogen-bond acceptors (Lipinski definition) is 4. The number of fused-ring (bicyclic) bond motifs is 1. The maximum absolute atomic E-state index is 12.5. The van der Waals surface area contributed by atoms with E-state index in [4.69, 9.17) is 0 Å². The molecular formula is C26H25N5O2. The minimum atomic E-state index is -0.207. The number of H-pyrrole nitrogens is 1. The first-order chi connectivity index (χ1) is 16.2. The van der Waals surface area contributed by atoms with Gasteiger partial charge >= 0.3 is 5.69 Å². The van der Waals surface area contributed by atoms with Crippen LogP contribution in [0.1, 0.15) is 19.3 Å². The Morgan fingerprint density at radius 2 is 1.79 bits per heavy atom. The first kappa shape index (κ1) is 19.9. The maximum atomic E-state index is 12.5. The third-order valence-corrected chi connectivity index (χ3v) is 6.81. The molecule has 2 aromatic heterocycles. The average molecular weight is 440 g/mol. The SMILES string of the molecule is O=C(C1CC1)N1CC[C@@H](Cn2c(-c3ccc(-c4ccc5cccnc5c4)cc3)n[nH]c2=O)C1. The number of likely N-dealkylation sites (tertiary alicyclic amines) is 1. The van der Waals surface area contributed by atoms with Crippen LogP contribution < -0.4 is 5.69 Å². The highest BCUT2D eigenvalue weighted by molar-refractivity contribution is 5.84. The van der Waals surface area contributed by atoms with E-state index in [1.165, 1.54) is 0 Å². The topological polar surface area (TPSA) is 83.9 Å². The largest absolute Gasteiger partial charge is 0.343 e. The molecule has 1 saturated carbocycles. The summed E-state index contributed by atoms with van der Waals surface area (Å²) in [6.45, 7) is 2.08. The molecule has 2 fully saturated rings. The summed E-state index contributed by atoms with van der Waals surface area (Å²) in [6.07, 6.45) is 4.77. The van der Waals surface area contributed by atoms with Crippen molar-refractivity contribution in [2.45, 2.75) is 25.8 Å². The number of amides is 1. The van der Waals surface area contributed by atoms with Gasteiger partial charge in [-0.15, -0.1) is 0 Å². The number of nitrogens with one attached hydrogen (secondary N) is 1. The second-order valence-corrected chi connectivity index (χ2v) is 9.16. The van der Waals surface area contributed by atoms with E-state index in [-0.39, 0.29) is 23.4 Å². The van der Waals surface area contributed by atoms with E-state index in [9.17, 15) is 9.59 Å². The van der Waals surface area contributed by atoms with Gasteiger partial charge in [-0.25, -0.2) is 9.89 Å². The van der Waals surface area contributed by atoms with E-state index < -0.39 is 0 Å². The van der Waals surface area contributed by atoms with Crippen molar-refractivity contribution in [2.24, 2.45) is 11.8 Å². The van der Waals surface area contributed by atoms with Crippen LogP contribution in [0.3, 0.4) is 0 Å². The number of hydrogen-bond donors (Lipinski definition) is 1. The summed E-state index contributed by atoms with van der Waals surface area (Å²) in [6, 6.07) is 18.4. The minimum absolute atomic E-state index is 0.207. The van der Waals surface area contributed by atoms with Gasteiger partial charge in [-0.2, -0.15) is 5.10 Å². The van der Waals surface area contributed by atoms with Gasteiger partial charge in [-0.05, 0) is 48.4 Å². The van der Waals surface area contributed by atoms with Gasteiger partial charge in [0.05, 0.1) is 5.52 Å². The summed E-state index contributed by atoms with van der Waals surface area (Å²) >= 11 is 0. The summed E-state index contributed by atoms with van der Waals surface area (Å²) in [5.74, 6) is 1.44. The molecule has 0 bridgehead atoms. The van der Waals surface area contributed by atoms with Crippen molar-refractivity contribution in [1.29, 1.82) is 0 Å². The molecule has 0 spiro atoms. The lowest BCUT2D eigenvalue weighted by Crippen LogP contribution is -2.31. The molecule has 1 amide bonds. The molecule has 7 heteroatoms. The normalized spacial score (nSPS) is 18.2. The van der Waals surface area contributed by atoms with Crippen LogP contribution in [0.5, 0.6) is 0 Å². The van der Waals surface area contributed by atoms with Crippen molar-refractivity contribution in [1.82, 2.24) is 24.6 Å². The van der Waals surface area contributed by atoms with Crippen molar-refractivity contribution < 1.29 is 4.79 Å². The molecule has 1 atom stereocenters. The number of carbonyl (C=O) groups excluding carboxylic acids is 1. The fourth-order valence-corrected chi connectivity index (χ4v) is 4.79. The van der Waals surface area contributed by atoms with E-state index >= 15 is 0 Å². The van der Waals surface area contributed by atoms with Gasteiger partial charge in [-0.3, -0.25) is 14.3 Å². The van der Waals surface area contributed by atoms with Crippen LogP contribution in [-0.2, 0) is 11.3 Å². The molecule has 0 unspecified atom stereocenters. The molecule has 2 aromatic carbocycles. The highest BCUT2D eigenvalue weighted by Crippen LogP contribution is 2.33. The summed E-state index contributed by atoms with van der Waals surface area (Å²) in [5, 5.41) is 8.02. The zero-order valence-corrected chi connectivity index (χ0v) is 18.3. The summed E-state index contributed by atoms with van der Waals surface area (Å²) < 4.78 is 1.71. The van der Waals surface area contributed by atoms with Crippen LogP contribution in [0.25, 0.3) is 33.4 Å². The Bertz CT molecular complexity index is 1380. The van der Waals surface area contributed by atoms with Gasteiger partial charge in [0.15, 0.2) is 5.82 Å². The van der Waals surface area contributed by atoms with Crippen molar-refractivity contribution in [2.75, 3.05) is 13.1 Å². The molecule has 1 aliphatic heterocycles. The second kappa shape index (κ2) is 7.99. The van der Waals surface area contributed by atoms with E-state index in [0.717, 1.165) is 59.9 Å². The Kier molecular flexibility index (Phi) is 4.82. The van der Waals surface area contributed by atoms with Crippen LogP contribution in [0.15, 0.2) is 65.6 Å². The second-order valence-electron chi connectivity index (χ2n) is 9.16. The fraction of sp³-hybridized carbons (Fsp3) is 0.308. The standard InChI is InChI=1S/C26H25N5O2/c32-25(21-8-9-21)30-13-11-17(15-30)16-31-24(28-29-26(31)33)20-6-3-18(4-7-20)22-10-5-19-2-1-12-27-23(19)14-22/h1-7,10,12,14,17,21H,8-9,11,13,15-16H2,(H,29,33)/t17-/m1/s1. The molecule has 2 aliphatic rings. The molecule has 1 saturated heterocycles. The third-order valence-electron chi connectivity index (χ3n) is 6.81. The van der Waals surface area contributed by atoms with Crippen molar-refractivity contribution in [3.8, 4) is 22.5 Å². The zero-order chi connectivity index (χ0) is 22.4. The molecule has 3 heterocycles. The van der Waals surface area contributed by atoms with Gasteiger partial charge < -0.3 is 4.90 Å². The molecule has 4 aromatic rings. The van der Waals surface area contributed by atoms with Gasteiger partial charge in [0.2, 0.25) is 5.91 Å². The predicted molar refractivity (Wildman–Crippen MR) is 126 cm³/mol. The van der Waals surface area contributed by atoms with Gasteiger partial charge in [0, 0.05) is 42.7 Å². The first-order valence-corrected chi connectivity index (χ1v) is 11.6. The lowest BCUT2D eigenvalue weighted by Gasteiger charge is -2.16. The summed E-state index contributed by atoms with van der Waals surface area (Å²) in [5.41, 5.74) is 3.83. The van der Waals surface area contributed by atoms with Gasteiger partial charge in [-0.1, -0.05) is 42.5 Å². The molecule has 0 radical (unpaired) electrons.